The van der Waals surface area contributed by atoms with E-state index in [2.05, 4.69) is 19.1 Å². The molecule has 0 spiro atoms. The number of benzene rings is 1. The summed E-state index contributed by atoms with van der Waals surface area (Å²) in [7, 11) is 0. The summed E-state index contributed by atoms with van der Waals surface area (Å²) >= 11 is 0. The van der Waals surface area contributed by atoms with Crippen molar-refractivity contribution in [2.45, 2.75) is 51.4 Å². The minimum Gasteiger partial charge on any atom is -0.207 e. The Morgan fingerprint density at radius 3 is 2.29 bits per heavy atom. The molecular formula is C19H24F2. The van der Waals surface area contributed by atoms with E-state index < -0.39 is 11.6 Å². The van der Waals surface area contributed by atoms with E-state index in [-0.39, 0.29) is 0 Å². The van der Waals surface area contributed by atoms with Gasteiger partial charge in [-0.25, -0.2) is 8.78 Å². The molecule has 0 nitrogen and oxygen atoms in total. The summed E-state index contributed by atoms with van der Waals surface area (Å²) in [6, 6.07) is 4.02. The first-order valence-corrected chi connectivity index (χ1v) is 8.24. The van der Waals surface area contributed by atoms with Crippen LogP contribution in [0.1, 0.15) is 56.9 Å². The van der Waals surface area contributed by atoms with Crippen molar-refractivity contribution in [2.75, 3.05) is 0 Å². The molecule has 0 N–H and O–H groups in total. The third-order valence-corrected chi connectivity index (χ3v) is 5.47. The van der Waals surface area contributed by atoms with Crippen molar-refractivity contribution < 1.29 is 8.78 Å². The molecule has 0 bridgehead atoms. The second kappa shape index (κ2) is 6.29. The molecule has 1 aromatic rings. The highest BCUT2D eigenvalue weighted by Gasteiger charge is 2.35. The molecule has 0 amide bonds. The standard InChI is InChI=1S/C19H24F2/c1-2-3-13-4-5-15-9-16(7-6-14(15)8-13)17-10-18(20)12-19(21)11-17/h2-3,10-16H,4-9H2,1H3. The van der Waals surface area contributed by atoms with Gasteiger partial charge in [-0.15, -0.1) is 0 Å². The Bertz CT molecular complexity index is 500. The number of allylic oxidation sites excluding steroid dienone is 2. The van der Waals surface area contributed by atoms with Gasteiger partial charge in [0.1, 0.15) is 11.6 Å². The average Bonchev–Trinajstić information content (AvgIpc) is 2.46. The van der Waals surface area contributed by atoms with Gasteiger partial charge in [0.15, 0.2) is 0 Å². The lowest BCUT2D eigenvalue weighted by atomic mass is 9.64. The maximum Gasteiger partial charge on any atom is 0.126 e. The van der Waals surface area contributed by atoms with Gasteiger partial charge in [0.2, 0.25) is 0 Å². The molecule has 0 saturated heterocycles. The summed E-state index contributed by atoms with van der Waals surface area (Å²) in [5, 5.41) is 0. The van der Waals surface area contributed by atoms with Gasteiger partial charge in [0, 0.05) is 6.07 Å². The van der Waals surface area contributed by atoms with Crippen molar-refractivity contribution in [3.05, 3.63) is 47.5 Å². The summed E-state index contributed by atoms with van der Waals surface area (Å²) in [4.78, 5) is 0. The zero-order valence-corrected chi connectivity index (χ0v) is 12.7. The van der Waals surface area contributed by atoms with Crippen LogP contribution in [-0.4, -0.2) is 0 Å². The summed E-state index contributed by atoms with van der Waals surface area (Å²) in [6.07, 6.45) is 11.8. The Labute approximate surface area is 126 Å². The number of hydrogen-bond donors (Lipinski definition) is 0. The molecule has 4 atom stereocenters. The fourth-order valence-corrected chi connectivity index (χ4v) is 4.49. The zero-order chi connectivity index (χ0) is 14.8. The zero-order valence-electron chi connectivity index (χ0n) is 12.7. The van der Waals surface area contributed by atoms with Crippen molar-refractivity contribution in [1.29, 1.82) is 0 Å². The molecule has 21 heavy (non-hydrogen) atoms. The molecule has 0 aromatic heterocycles. The molecule has 0 radical (unpaired) electrons. The Balaban J connectivity index is 1.68. The van der Waals surface area contributed by atoms with Gasteiger partial charge < -0.3 is 0 Å². The second-order valence-electron chi connectivity index (χ2n) is 6.83. The normalized spacial score (nSPS) is 33.1. The van der Waals surface area contributed by atoms with Crippen molar-refractivity contribution in [1.82, 2.24) is 0 Å². The van der Waals surface area contributed by atoms with Crippen LogP contribution in [0.15, 0.2) is 30.4 Å². The van der Waals surface area contributed by atoms with E-state index in [0.717, 1.165) is 42.2 Å². The third-order valence-electron chi connectivity index (χ3n) is 5.47. The average molecular weight is 290 g/mol. The first-order chi connectivity index (χ1) is 10.2. The predicted molar refractivity (Wildman–Crippen MR) is 82.1 cm³/mol. The summed E-state index contributed by atoms with van der Waals surface area (Å²) in [6.45, 7) is 2.10. The molecule has 2 aliphatic carbocycles. The van der Waals surface area contributed by atoms with Crippen LogP contribution in [0.25, 0.3) is 0 Å². The van der Waals surface area contributed by atoms with Crippen LogP contribution in [-0.2, 0) is 0 Å². The maximum absolute atomic E-state index is 13.4. The molecule has 2 saturated carbocycles. The Hall–Kier alpha value is -1.18. The molecule has 1 aromatic carbocycles. The lowest BCUT2D eigenvalue weighted by Gasteiger charge is -2.41. The van der Waals surface area contributed by atoms with E-state index in [1.54, 1.807) is 0 Å². The van der Waals surface area contributed by atoms with Crippen LogP contribution >= 0.6 is 0 Å². The highest BCUT2D eigenvalue weighted by atomic mass is 19.1. The third kappa shape index (κ3) is 3.36. The quantitative estimate of drug-likeness (QED) is 0.600. The predicted octanol–water partition coefficient (Wildman–Crippen LogP) is 5.84. The van der Waals surface area contributed by atoms with E-state index in [1.165, 1.54) is 37.8 Å². The molecule has 2 heteroatoms. The van der Waals surface area contributed by atoms with Crippen LogP contribution < -0.4 is 0 Å². The summed E-state index contributed by atoms with van der Waals surface area (Å²) < 4.78 is 26.8. The van der Waals surface area contributed by atoms with Crippen LogP contribution in [0.5, 0.6) is 0 Å². The minimum atomic E-state index is -0.441. The van der Waals surface area contributed by atoms with Crippen molar-refractivity contribution in [2.24, 2.45) is 17.8 Å². The molecule has 0 aliphatic heterocycles. The summed E-state index contributed by atoms with van der Waals surface area (Å²) in [5.41, 5.74) is 0.863. The molecule has 3 rings (SSSR count). The van der Waals surface area contributed by atoms with Gasteiger partial charge in [-0.1, -0.05) is 12.2 Å². The highest BCUT2D eigenvalue weighted by molar-refractivity contribution is 5.22. The van der Waals surface area contributed by atoms with E-state index in [1.807, 2.05) is 0 Å². The molecule has 2 aliphatic rings. The number of rotatable bonds is 2. The topological polar surface area (TPSA) is 0 Å². The van der Waals surface area contributed by atoms with Crippen LogP contribution in [0.3, 0.4) is 0 Å². The number of fused-ring (bicyclic) bond motifs is 1. The fourth-order valence-electron chi connectivity index (χ4n) is 4.49. The van der Waals surface area contributed by atoms with E-state index >= 15 is 0 Å². The smallest absolute Gasteiger partial charge is 0.126 e. The SMILES string of the molecule is CC=CC1CCC2CC(c3cc(F)cc(F)c3)CCC2C1. The molecule has 114 valence electrons. The minimum absolute atomic E-state index is 0.342. The number of hydrogen-bond acceptors (Lipinski definition) is 0. The van der Waals surface area contributed by atoms with Crippen LogP contribution in [0.4, 0.5) is 8.78 Å². The first-order valence-electron chi connectivity index (χ1n) is 8.24. The van der Waals surface area contributed by atoms with Crippen molar-refractivity contribution in [3.8, 4) is 0 Å². The van der Waals surface area contributed by atoms with Gasteiger partial charge in [-0.3, -0.25) is 0 Å². The van der Waals surface area contributed by atoms with Gasteiger partial charge in [0.05, 0.1) is 0 Å². The molecule has 2 fully saturated rings. The van der Waals surface area contributed by atoms with E-state index in [9.17, 15) is 8.78 Å². The first kappa shape index (κ1) is 14.7. The summed E-state index contributed by atoms with van der Waals surface area (Å²) in [5.74, 6) is 1.77. The molecule has 0 heterocycles. The monoisotopic (exact) mass is 290 g/mol. The Morgan fingerprint density at radius 1 is 0.905 bits per heavy atom. The Morgan fingerprint density at radius 2 is 1.57 bits per heavy atom. The van der Waals surface area contributed by atoms with E-state index in [0.29, 0.717) is 5.92 Å². The number of halogens is 2. The Kier molecular flexibility index (Phi) is 4.42. The van der Waals surface area contributed by atoms with Crippen molar-refractivity contribution >= 4 is 0 Å². The molecule has 4 unspecified atom stereocenters. The van der Waals surface area contributed by atoms with Gasteiger partial charge in [-0.05, 0) is 86.8 Å². The lowest BCUT2D eigenvalue weighted by molar-refractivity contribution is 0.133. The largest absolute Gasteiger partial charge is 0.207 e. The molecular weight excluding hydrogens is 266 g/mol. The van der Waals surface area contributed by atoms with Crippen LogP contribution in [0, 0.1) is 29.4 Å². The van der Waals surface area contributed by atoms with Crippen LogP contribution in [0.2, 0.25) is 0 Å². The second-order valence-corrected chi connectivity index (χ2v) is 6.83. The van der Waals surface area contributed by atoms with Crippen molar-refractivity contribution in [3.63, 3.8) is 0 Å². The van der Waals surface area contributed by atoms with Gasteiger partial charge in [0.25, 0.3) is 0 Å². The lowest BCUT2D eigenvalue weighted by Crippen LogP contribution is -2.30. The van der Waals surface area contributed by atoms with Gasteiger partial charge >= 0.3 is 0 Å². The highest BCUT2D eigenvalue weighted by Crippen LogP contribution is 2.47. The maximum atomic E-state index is 13.4. The fraction of sp³-hybridized carbons (Fsp3) is 0.579. The van der Waals surface area contributed by atoms with E-state index in [4.69, 9.17) is 0 Å². The van der Waals surface area contributed by atoms with Gasteiger partial charge in [-0.2, -0.15) is 0 Å².